The standard InChI is InChI=1S/C12H10ClN3O/c1-7-5-8(13)6-16-11(14)10(15-12(7)16)9-3-2-4-17-9/h2-6H,14H2,1H3. The number of rotatable bonds is 1. The summed E-state index contributed by atoms with van der Waals surface area (Å²) in [5, 5.41) is 0.630. The number of nitrogens with two attached hydrogens (primary N) is 1. The van der Waals surface area contributed by atoms with Gasteiger partial charge >= 0.3 is 0 Å². The van der Waals surface area contributed by atoms with E-state index in [-0.39, 0.29) is 0 Å². The molecule has 0 amide bonds. The molecule has 3 aromatic rings. The minimum atomic E-state index is 0.528. The summed E-state index contributed by atoms with van der Waals surface area (Å²) in [5.41, 5.74) is 8.45. The first-order chi connectivity index (χ1) is 8.16. The van der Waals surface area contributed by atoms with Crippen molar-refractivity contribution in [2.75, 3.05) is 5.73 Å². The van der Waals surface area contributed by atoms with Gasteiger partial charge in [-0.3, -0.25) is 4.40 Å². The second-order valence-electron chi connectivity index (χ2n) is 3.86. The molecule has 3 rings (SSSR count). The van der Waals surface area contributed by atoms with Gasteiger partial charge in [-0.05, 0) is 30.7 Å². The predicted molar refractivity (Wildman–Crippen MR) is 67.1 cm³/mol. The minimum Gasteiger partial charge on any atom is -0.463 e. The van der Waals surface area contributed by atoms with Gasteiger partial charge in [0.2, 0.25) is 0 Å². The molecule has 0 aliphatic carbocycles. The van der Waals surface area contributed by atoms with Crippen LogP contribution in [0, 0.1) is 6.92 Å². The molecule has 4 nitrogen and oxygen atoms in total. The molecule has 86 valence electrons. The van der Waals surface area contributed by atoms with Gasteiger partial charge in [-0.25, -0.2) is 4.98 Å². The first-order valence-electron chi connectivity index (χ1n) is 5.14. The Labute approximate surface area is 103 Å². The molecule has 3 aromatic heterocycles. The average molecular weight is 248 g/mol. The molecule has 5 heteroatoms. The number of aromatic nitrogens is 2. The summed E-state index contributed by atoms with van der Waals surface area (Å²) in [6.45, 7) is 1.94. The molecule has 0 aliphatic rings. The highest BCUT2D eigenvalue weighted by molar-refractivity contribution is 6.30. The second kappa shape index (κ2) is 3.53. The Morgan fingerprint density at radius 3 is 3.00 bits per heavy atom. The van der Waals surface area contributed by atoms with E-state index < -0.39 is 0 Å². The van der Waals surface area contributed by atoms with Crippen LogP contribution in [0.15, 0.2) is 35.1 Å². The van der Waals surface area contributed by atoms with Crippen molar-refractivity contribution in [1.29, 1.82) is 0 Å². The van der Waals surface area contributed by atoms with Crippen molar-refractivity contribution in [3.8, 4) is 11.5 Å². The van der Waals surface area contributed by atoms with Gasteiger partial charge in [0.25, 0.3) is 0 Å². The molecule has 3 heterocycles. The zero-order valence-electron chi connectivity index (χ0n) is 9.14. The molecule has 0 aliphatic heterocycles. The van der Waals surface area contributed by atoms with Crippen molar-refractivity contribution in [2.24, 2.45) is 0 Å². The van der Waals surface area contributed by atoms with Crippen LogP contribution in [0.4, 0.5) is 5.82 Å². The van der Waals surface area contributed by atoms with Gasteiger partial charge in [-0.1, -0.05) is 11.6 Å². The molecule has 0 radical (unpaired) electrons. The lowest BCUT2D eigenvalue weighted by Gasteiger charge is -2.00. The number of anilines is 1. The molecular formula is C12H10ClN3O. The monoisotopic (exact) mass is 247 g/mol. The fraction of sp³-hybridized carbons (Fsp3) is 0.0833. The quantitative estimate of drug-likeness (QED) is 0.719. The molecule has 17 heavy (non-hydrogen) atoms. The highest BCUT2D eigenvalue weighted by Crippen LogP contribution is 2.29. The molecule has 0 fully saturated rings. The van der Waals surface area contributed by atoms with E-state index in [1.807, 2.05) is 19.1 Å². The molecule has 0 bridgehead atoms. The van der Waals surface area contributed by atoms with Crippen LogP contribution in [0.25, 0.3) is 17.1 Å². The van der Waals surface area contributed by atoms with E-state index in [1.165, 1.54) is 0 Å². The Morgan fingerprint density at radius 1 is 1.47 bits per heavy atom. The van der Waals surface area contributed by atoms with Gasteiger partial charge in [0.1, 0.15) is 17.2 Å². The van der Waals surface area contributed by atoms with E-state index in [1.54, 1.807) is 22.9 Å². The van der Waals surface area contributed by atoms with E-state index in [4.69, 9.17) is 21.8 Å². The Bertz CT molecular complexity index is 685. The fourth-order valence-corrected chi connectivity index (χ4v) is 2.14. The van der Waals surface area contributed by atoms with Crippen LogP contribution in [-0.2, 0) is 0 Å². The van der Waals surface area contributed by atoms with Crippen molar-refractivity contribution in [1.82, 2.24) is 9.38 Å². The maximum atomic E-state index is 6.05. The normalized spacial score (nSPS) is 11.2. The number of nitrogen functional groups attached to an aromatic ring is 1. The molecule has 0 aromatic carbocycles. The van der Waals surface area contributed by atoms with Crippen LogP contribution >= 0.6 is 11.6 Å². The summed E-state index contributed by atoms with van der Waals surface area (Å²) in [5.74, 6) is 1.18. The average Bonchev–Trinajstić information content (AvgIpc) is 2.87. The number of furan rings is 1. The third-order valence-corrected chi connectivity index (χ3v) is 2.87. The van der Waals surface area contributed by atoms with Crippen molar-refractivity contribution >= 4 is 23.1 Å². The Kier molecular flexibility index (Phi) is 2.12. The molecule has 0 saturated heterocycles. The molecule has 0 spiro atoms. The van der Waals surface area contributed by atoms with Crippen molar-refractivity contribution in [2.45, 2.75) is 6.92 Å². The number of nitrogens with zero attached hydrogens (tertiary/aromatic N) is 2. The van der Waals surface area contributed by atoms with Crippen LogP contribution in [-0.4, -0.2) is 9.38 Å². The zero-order chi connectivity index (χ0) is 12.0. The zero-order valence-corrected chi connectivity index (χ0v) is 9.90. The summed E-state index contributed by atoms with van der Waals surface area (Å²) in [7, 11) is 0. The van der Waals surface area contributed by atoms with Crippen LogP contribution in [0.2, 0.25) is 5.02 Å². The molecule has 2 N–H and O–H groups in total. The van der Waals surface area contributed by atoms with Crippen molar-refractivity contribution in [3.05, 3.63) is 41.2 Å². The Hall–Kier alpha value is -1.94. The summed E-state index contributed by atoms with van der Waals surface area (Å²) in [6.07, 6.45) is 3.34. The van der Waals surface area contributed by atoms with Gasteiger partial charge in [-0.2, -0.15) is 0 Å². The van der Waals surface area contributed by atoms with E-state index >= 15 is 0 Å². The first-order valence-corrected chi connectivity index (χ1v) is 5.52. The third-order valence-electron chi connectivity index (χ3n) is 2.66. The number of aryl methyl sites for hydroxylation is 1. The van der Waals surface area contributed by atoms with E-state index in [0.29, 0.717) is 22.3 Å². The van der Waals surface area contributed by atoms with Gasteiger partial charge < -0.3 is 10.2 Å². The molecule has 0 atom stereocenters. The first kappa shape index (κ1) is 10.2. The Morgan fingerprint density at radius 2 is 2.29 bits per heavy atom. The second-order valence-corrected chi connectivity index (χ2v) is 4.29. The summed E-state index contributed by atoms with van der Waals surface area (Å²) < 4.78 is 7.08. The van der Waals surface area contributed by atoms with Crippen LogP contribution in [0.3, 0.4) is 0 Å². The molecule has 0 saturated carbocycles. The van der Waals surface area contributed by atoms with E-state index in [9.17, 15) is 0 Å². The van der Waals surface area contributed by atoms with Crippen molar-refractivity contribution in [3.63, 3.8) is 0 Å². The molecular weight excluding hydrogens is 238 g/mol. The topological polar surface area (TPSA) is 56.5 Å². The molecule has 0 unspecified atom stereocenters. The van der Waals surface area contributed by atoms with Gasteiger partial charge in [0, 0.05) is 6.20 Å². The summed E-state index contributed by atoms with van der Waals surface area (Å²) >= 11 is 6.00. The minimum absolute atomic E-state index is 0.528. The summed E-state index contributed by atoms with van der Waals surface area (Å²) in [6, 6.07) is 5.49. The Balaban J connectivity index is 2.36. The van der Waals surface area contributed by atoms with Crippen LogP contribution in [0.5, 0.6) is 0 Å². The summed E-state index contributed by atoms with van der Waals surface area (Å²) in [4.78, 5) is 4.48. The maximum Gasteiger partial charge on any atom is 0.156 e. The third kappa shape index (κ3) is 1.49. The number of hydrogen-bond acceptors (Lipinski definition) is 3. The van der Waals surface area contributed by atoms with E-state index in [0.717, 1.165) is 11.2 Å². The fourth-order valence-electron chi connectivity index (χ4n) is 1.88. The highest BCUT2D eigenvalue weighted by atomic mass is 35.5. The number of hydrogen-bond donors (Lipinski definition) is 1. The number of pyridine rings is 1. The van der Waals surface area contributed by atoms with Crippen molar-refractivity contribution < 1.29 is 4.42 Å². The SMILES string of the molecule is Cc1cc(Cl)cn2c(N)c(-c3ccco3)nc12. The number of fused-ring (bicyclic) bond motifs is 1. The lowest BCUT2D eigenvalue weighted by Crippen LogP contribution is -1.94. The smallest absolute Gasteiger partial charge is 0.156 e. The predicted octanol–water partition coefficient (Wildman–Crippen LogP) is 3.14. The lowest BCUT2D eigenvalue weighted by molar-refractivity contribution is 0.581. The van der Waals surface area contributed by atoms with Gasteiger partial charge in [0.15, 0.2) is 5.76 Å². The van der Waals surface area contributed by atoms with Crippen LogP contribution in [0.1, 0.15) is 5.56 Å². The lowest BCUT2D eigenvalue weighted by atomic mass is 10.3. The van der Waals surface area contributed by atoms with Gasteiger partial charge in [0.05, 0.1) is 11.3 Å². The van der Waals surface area contributed by atoms with E-state index in [2.05, 4.69) is 4.98 Å². The number of imidazole rings is 1. The largest absolute Gasteiger partial charge is 0.463 e. The number of halogens is 1. The van der Waals surface area contributed by atoms with Crippen LogP contribution < -0.4 is 5.73 Å². The van der Waals surface area contributed by atoms with Gasteiger partial charge in [-0.15, -0.1) is 0 Å². The maximum absolute atomic E-state index is 6.05. The highest BCUT2D eigenvalue weighted by Gasteiger charge is 2.15.